The molecule has 0 aliphatic rings. The first-order valence-electron chi connectivity index (χ1n) is 4.12. The van der Waals surface area contributed by atoms with Crippen molar-refractivity contribution >= 4 is 15.9 Å². The fraction of sp³-hybridized carbons (Fsp3) is 0.400. The standard InChI is InChI=1S/C10H13BrO2/c1-8(12-2)10(11)13-9-6-4-3-5-7-9/h3-8,10H,1-2H3. The van der Waals surface area contributed by atoms with Crippen LogP contribution in [0.5, 0.6) is 5.75 Å². The second-order valence-corrected chi connectivity index (χ2v) is 3.63. The van der Waals surface area contributed by atoms with Crippen LogP contribution in [0.2, 0.25) is 0 Å². The molecule has 0 aromatic heterocycles. The molecule has 1 aromatic carbocycles. The van der Waals surface area contributed by atoms with Crippen LogP contribution >= 0.6 is 15.9 Å². The van der Waals surface area contributed by atoms with E-state index in [1.165, 1.54) is 0 Å². The highest BCUT2D eigenvalue weighted by Gasteiger charge is 2.13. The molecule has 13 heavy (non-hydrogen) atoms. The summed E-state index contributed by atoms with van der Waals surface area (Å²) in [5.74, 6) is 0.841. The zero-order valence-corrected chi connectivity index (χ0v) is 9.32. The minimum atomic E-state index is -0.111. The number of benzene rings is 1. The summed E-state index contributed by atoms with van der Waals surface area (Å²) < 4.78 is 10.7. The lowest BCUT2D eigenvalue weighted by atomic mass is 10.3. The Labute approximate surface area is 87.0 Å². The summed E-state index contributed by atoms with van der Waals surface area (Å²) in [6.45, 7) is 1.95. The van der Waals surface area contributed by atoms with Crippen LogP contribution in [0.15, 0.2) is 30.3 Å². The Bertz CT molecular complexity index is 238. The molecule has 2 nitrogen and oxygen atoms in total. The fourth-order valence-corrected chi connectivity index (χ4v) is 1.26. The monoisotopic (exact) mass is 244 g/mol. The van der Waals surface area contributed by atoms with Gasteiger partial charge in [0.1, 0.15) is 11.9 Å². The van der Waals surface area contributed by atoms with E-state index in [1.54, 1.807) is 7.11 Å². The predicted octanol–water partition coefficient (Wildman–Crippen LogP) is 2.82. The maximum atomic E-state index is 5.56. The van der Waals surface area contributed by atoms with Gasteiger partial charge in [-0.3, -0.25) is 0 Å². The molecule has 0 bridgehead atoms. The molecule has 0 fully saturated rings. The van der Waals surface area contributed by atoms with Crippen LogP contribution in [0.3, 0.4) is 0 Å². The highest BCUT2D eigenvalue weighted by Crippen LogP contribution is 2.16. The lowest BCUT2D eigenvalue weighted by molar-refractivity contribution is 0.0585. The van der Waals surface area contributed by atoms with Crippen molar-refractivity contribution in [1.29, 1.82) is 0 Å². The molecule has 0 heterocycles. The number of alkyl halides is 1. The number of hydrogen-bond acceptors (Lipinski definition) is 2. The van der Waals surface area contributed by atoms with Gasteiger partial charge in [0.2, 0.25) is 0 Å². The van der Waals surface area contributed by atoms with Crippen molar-refractivity contribution in [2.24, 2.45) is 0 Å². The van der Waals surface area contributed by atoms with Crippen LogP contribution in [0, 0.1) is 0 Å². The van der Waals surface area contributed by atoms with Gasteiger partial charge >= 0.3 is 0 Å². The SMILES string of the molecule is COC(C)C(Br)Oc1ccccc1. The third-order valence-electron chi connectivity index (χ3n) is 1.73. The van der Waals surface area contributed by atoms with Gasteiger partial charge in [0.25, 0.3) is 0 Å². The number of para-hydroxylation sites is 1. The summed E-state index contributed by atoms with van der Waals surface area (Å²) >= 11 is 3.39. The van der Waals surface area contributed by atoms with Crippen molar-refractivity contribution in [3.63, 3.8) is 0 Å². The lowest BCUT2D eigenvalue weighted by Crippen LogP contribution is -2.24. The Hall–Kier alpha value is -0.540. The average molecular weight is 245 g/mol. The predicted molar refractivity (Wildman–Crippen MR) is 56.3 cm³/mol. The van der Waals surface area contributed by atoms with Crippen LogP contribution < -0.4 is 4.74 Å². The molecule has 2 atom stereocenters. The molecule has 0 aliphatic carbocycles. The van der Waals surface area contributed by atoms with Gasteiger partial charge in [0.15, 0.2) is 5.01 Å². The first kappa shape index (κ1) is 10.5. The van der Waals surface area contributed by atoms with Gasteiger partial charge in [-0.05, 0) is 35.0 Å². The van der Waals surface area contributed by atoms with E-state index in [9.17, 15) is 0 Å². The zero-order chi connectivity index (χ0) is 9.68. The second-order valence-electron chi connectivity index (χ2n) is 2.72. The van der Waals surface area contributed by atoms with Crippen LogP contribution in [0.25, 0.3) is 0 Å². The normalized spacial score (nSPS) is 15.0. The molecule has 2 unspecified atom stereocenters. The molecule has 1 aromatic rings. The highest BCUT2D eigenvalue weighted by atomic mass is 79.9. The fourth-order valence-electron chi connectivity index (χ4n) is 0.832. The largest absolute Gasteiger partial charge is 0.477 e. The topological polar surface area (TPSA) is 18.5 Å². The summed E-state index contributed by atoms with van der Waals surface area (Å²) in [6, 6.07) is 9.65. The number of ether oxygens (including phenoxy) is 2. The third kappa shape index (κ3) is 3.36. The van der Waals surface area contributed by atoms with Crippen molar-refractivity contribution < 1.29 is 9.47 Å². The average Bonchev–Trinajstić information content (AvgIpc) is 2.18. The molecule has 0 N–H and O–H groups in total. The maximum absolute atomic E-state index is 5.56. The van der Waals surface area contributed by atoms with Crippen LogP contribution in [0.4, 0.5) is 0 Å². The van der Waals surface area contributed by atoms with Crippen molar-refractivity contribution in [3.8, 4) is 5.75 Å². The van der Waals surface area contributed by atoms with Gasteiger partial charge in [0.05, 0.1) is 0 Å². The van der Waals surface area contributed by atoms with Crippen LogP contribution in [-0.2, 0) is 4.74 Å². The van der Waals surface area contributed by atoms with E-state index >= 15 is 0 Å². The molecular weight excluding hydrogens is 232 g/mol. The molecule has 72 valence electrons. The highest BCUT2D eigenvalue weighted by molar-refractivity contribution is 9.09. The van der Waals surface area contributed by atoms with Crippen molar-refractivity contribution in [2.45, 2.75) is 18.0 Å². The molecule has 1 rings (SSSR count). The number of rotatable bonds is 4. The van der Waals surface area contributed by atoms with Gasteiger partial charge in [-0.25, -0.2) is 0 Å². The van der Waals surface area contributed by atoms with Gasteiger partial charge in [-0.2, -0.15) is 0 Å². The maximum Gasteiger partial charge on any atom is 0.178 e. The van der Waals surface area contributed by atoms with E-state index in [-0.39, 0.29) is 11.1 Å². The Morgan fingerprint density at radius 3 is 2.38 bits per heavy atom. The first-order valence-corrected chi connectivity index (χ1v) is 5.04. The molecule has 0 radical (unpaired) electrons. The molecule has 0 saturated carbocycles. The number of halogens is 1. The van der Waals surface area contributed by atoms with Crippen LogP contribution in [0.1, 0.15) is 6.92 Å². The van der Waals surface area contributed by atoms with E-state index < -0.39 is 0 Å². The number of hydrogen-bond donors (Lipinski definition) is 0. The Balaban J connectivity index is 2.50. The summed E-state index contributed by atoms with van der Waals surface area (Å²) in [7, 11) is 1.66. The zero-order valence-electron chi connectivity index (χ0n) is 7.74. The Morgan fingerprint density at radius 2 is 1.85 bits per heavy atom. The van der Waals surface area contributed by atoms with Gasteiger partial charge in [0, 0.05) is 7.11 Å². The van der Waals surface area contributed by atoms with Crippen molar-refractivity contribution in [3.05, 3.63) is 30.3 Å². The molecular formula is C10H13BrO2. The quantitative estimate of drug-likeness (QED) is 0.759. The van der Waals surface area contributed by atoms with Crippen LogP contribution in [-0.4, -0.2) is 18.2 Å². The summed E-state index contributed by atoms with van der Waals surface area (Å²) in [4.78, 5) is 0. The van der Waals surface area contributed by atoms with E-state index in [0.717, 1.165) is 5.75 Å². The van der Waals surface area contributed by atoms with Gasteiger partial charge < -0.3 is 9.47 Å². The minimum Gasteiger partial charge on any atom is -0.477 e. The molecule has 0 amide bonds. The summed E-state index contributed by atoms with van der Waals surface area (Å²) in [5, 5.41) is -0.111. The van der Waals surface area contributed by atoms with E-state index in [1.807, 2.05) is 37.3 Å². The van der Waals surface area contributed by atoms with E-state index in [0.29, 0.717) is 0 Å². The minimum absolute atomic E-state index is 0.0280. The lowest BCUT2D eigenvalue weighted by Gasteiger charge is -2.18. The van der Waals surface area contributed by atoms with Crippen molar-refractivity contribution in [1.82, 2.24) is 0 Å². The molecule has 0 aliphatic heterocycles. The third-order valence-corrected chi connectivity index (χ3v) is 2.66. The smallest absolute Gasteiger partial charge is 0.178 e. The summed E-state index contributed by atoms with van der Waals surface area (Å²) in [6.07, 6.45) is 0.0280. The second kappa shape index (κ2) is 5.25. The van der Waals surface area contributed by atoms with Gasteiger partial charge in [-0.1, -0.05) is 18.2 Å². The molecule has 3 heteroatoms. The van der Waals surface area contributed by atoms with Crippen molar-refractivity contribution in [2.75, 3.05) is 7.11 Å². The number of methoxy groups -OCH3 is 1. The van der Waals surface area contributed by atoms with E-state index in [4.69, 9.17) is 9.47 Å². The molecule has 0 saturated heterocycles. The Morgan fingerprint density at radius 1 is 1.23 bits per heavy atom. The van der Waals surface area contributed by atoms with Gasteiger partial charge in [-0.15, -0.1) is 0 Å². The molecule has 0 spiro atoms. The van der Waals surface area contributed by atoms with E-state index in [2.05, 4.69) is 15.9 Å². The Kier molecular flexibility index (Phi) is 4.25. The summed E-state index contributed by atoms with van der Waals surface area (Å²) in [5.41, 5.74) is 0. The first-order chi connectivity index (χ1) is 6.24.